The van der Waals surface area contributed by atoms with Crippen LogP contribution in [0.25, 0.3) is 0 Å². The Hall–Kier alpha value is -1.02. The van der Waals surface area contributed by atoms with Gasteiger partial charge in [-0.3, -0.25) is 5.10 Å². The van der Waals surface area contributed by atoms with E-state index in [4.69, 9.17) is 0 Å². The second-order valence-corrected chi connectivity index (χ2v) is 4.85. The summed E-state index contributed by atoms with van der Waals surface area (Å²) in [6.07, 6.45) is 1.48. The first-order valence-electron chi connectivity index (χ1n) is 3.86. The maximum absolute atomic E-state index is 4.03. The van der Waals surface area contributed by atoms with Crippen LogP contribution < -0.4 is 5.32 Å². The molecule has 0 aliphatic carbocycles. The van der Waals surface area contributed by atoms with Gasteiger partial charge in [-0.15, -0.1) is 10.2 Å². The van der Waals surface area contributed by atoms with E-state index in [9.17, 15) is 0 Å². The molecule has 6 nitrogen and oxygen atoms in total. The highest BCUT2D eigenvalue weighted by Gasteiger charge is 2.10. The summed E-state index contributed by atoms with van der Waals surface area (Å²) in [7, 11) is 0. The monoisotopic (exact) mass is 274 g/mol. The minimum atomic E-state index is 0.0392. The van der Waals surface area contributed by atoms with Crippen molar-refractivity contribution in [3.63, 3.8) is 0 Å². The Morgan fingerprint density at radius 3 is 3.00 bits per heavy atom. The summed E-state index contributed by atoms with van der Waals surface area (Å²) >= 11 is 4.67. The van der Waals surface area contributed by atoms with Crippen molar-refractivity contribution in [1.82, 2.24) is 25.4 Å². The Morgan fingerprint density at radius 2 is 2.43 bits per heavy atom. The van der Waals surface area contributed by atoms with Gasteiger partial charge in [-0.1, -0.05) is 11.3 Å². The molecule has 2 heterocycles. The fraction of sp³-hybridized carbons (Fsp3) is 0.333. The van der Waals surface area contributed by atoms with Gasteiger partial charge in [0.15, 0.2) is 3.92 Å². The maximum atomic E-state index is 4.03. The van der Waals surface area contributed by atoms with Crippen LogP contribution in [0.1, 0.15) is 18.8 Å². The molecule has 8 heteroatoms. The molecular weight excluding hydrogens is 268 g/mol. The SMILES string of the molecule is CC(Nc1nnc(Br)s1)c1ncn[nH]1. The third kappa shape index (κ3) is 2.07. The van der Waals surface area contributed by atoms with Crippen molar-refractivity contribution in [1.29, 1.82) is 0 Å². The topological polar surface area (TPSA) is 79.4 Å². The second-order valence-electron chi connectivity index (χ2n) is 2.60. The van der Waals surface area contributed by atoms with Crippen LogP contribution in [-0.4, -0.2) is 25.4 Å². The summed E-state index contributed by atoms with van der Waals surface area (Å²) in [6, 6.07) is 0.0392. The molecule has 0 amide bonds. The molecule has 0 spiro atoms. The van der Waals surface area contributed by atoms with Gasteiger partial charge in [-0.25, -0.2) is 4.98 Å². The third-order valence-electron chi connectivity index (χ3n) is 1.58. The van der Waals surface area contributed by atoms with Gasteiger partial charge >= 0.3 is 0 Å². The zero-order chi connectivity index (χ0) is 9.97. The Morgan fingerprint density at radius 1 is 1.57 bits per heavy atom. The fourth-order valence-corrected chi connectivity index (χ4v) is 2.04. The quantitative estimate of drug-likeness (QED) is 0.889. The predicted molar refractivity (Wildman–Crippen MR) is 56.0 cm³/mol. The van der Waals surface area contributed by atoms with Crippen LogP contribution in [0.3, 0.4) is 0 Å². The van der Waals surface area contributed by atoms with Crippen LogP contribution >= 0.6 is 27.3 Å². The smallest absolute Gasteiger partial charge is 0.207 e. The van der Waals surface area contributed by atoms with E-state index in [2.05, 4.69) is 46.6 Å². The van der Waals surface area contributed by atoms with Crippen LogP contribution in [0, 0.1) is 0 Å². The van der Waals surface area contributed by atoms with Crippen LogP contribution in [0.4, 0.5) is 5.13 Å². The normalized spacial score (nSPS) is 12.7. The number of nitrogens with one attached hydrogen (secondary N) is 2. The molecule has 2 aromatic rings. The fourth-order valence-electron chi connectivity index (χ4n) is 0.941. The summed E-state index contributed by atoms with van der Waals surface area (Å²) in [4.78, 5) is 4.03. The number of aromatic amines is 1. The summed E-state index contributed by atoms with van der Waals surface area (Å²) in [6.45, 7) is 1.97. The van der Waals surface area contributed by atoms with Crippen LogP contribution in [0.5, 0.6) is 0 Å². The highest BCUT2D eigenvalue weighted by molar-refractivity contribution is 9.11. The highest BCUT2D eigenvalue weighted by atomic mass is 79.9. The molecule has 74 valence electrons. The van der Waals surface area contributed by atoms with Crippen molar-refractivity contribution in [2.24, 2.45) is 0 Å². The van der Waals surface area contributed by atoms with Crippen molar-refractivity contribution in [2.75, 3.05) is 5.32 Å². The zero-order valence-corrected chi connectivity index (χ0v) is 9.63. The minimum Gasteiger partial charge on any atom is -0.350 e. The van der Waals surface area contributed by atoms with Crippen molar-refractivity contribution < 1.29 is 0 Å². The summed E-state index contributed by atoms with van der Waals surface area (Å²) in [5.41, 5.74) is 0. The molecule has 0 aromatic carbocycles. The Balaban J connectivity index is 2.05. The molecule has 0 radical (unpaired) electrons. The van der Waals surface area contributed by atoms with E-state index in [-0.39, 0.29) is 6.04 Å². The summed E-state index contributed by atoms with van der Waals surface area (Å²) in [5, 5.41) is 18.2. The molecule has 0 aliphatic heterocycles. The molecule has 1 atom stereocenters. The highest BCUT2D eigenvalue weighted by Crippen LogP contribution is 2.23. The lowest BCUT2D eigenvalue weighted by atomic mass is 10.3. The number of hydrogen-bond donors (Lipinski definition) is 2. The van der Waals surface area contributed by atoms with Gasteiger partial charge in [0.2, 0.25) is 5.13 Å². The average molecular weight is 275 g/mol. The van der Waals surface area contributed by atoms with E-state index in [0.29, 0.717) is 0 Å². The molecule has 2 rings (SSSR count). The first-order chi connectivity index (χ1) is 6.75. The first kappa shape index (κ1) is 9.53. The van der Waals surface area contributed by atoms with Gasteiger partial charge in [0, 0.05) is 0 Å². The molecule has 0 saturated heterocycles. The van der Waals surface area contributed by atoms with Crippen molar-refractivity contribution in [3.05, 3.63) is 16.1 Å². The number of aromatic nitrogens is 5. The lowest BCUT2D eigenvalue weighted by Gasteiger charge is -2.07. The van der Waals surface area contributed by atoms with Gasteiger partial charge in [0.1, 0.15) is 12.2 Å². The summed E-state index contributed by atoms with van der Waals surface area (Å²) in [5.74, 6) is 0.774. The number of halogens is 1. The number of rotatable bonds is 3. The van der Waals surface area contributed by atoms with Crippen LogP contribution in [-0.2, 0) is 0 Å². The lowest BCUT2D eigenvalue weighted by Crippen LogP contribution is -2.08. The van der Waals surface area contributed by atoms with E-state index in [1.807, 2.05) is 6.92 Å². The van der Waals surface area contributed by atoms with E-state index in [1.165, 1.54) is 17.7 Å². The van der Waals surface area contributed by atoms with Crippen LogP contribution in [0.15, 0.2) is 10.2 Å². The molecule has 0 fully saturated rings. The molecule has 0 bridgehead atoms. The van der Waals surface area contributed by atoms with Gasteiger partial charge in [-0.05, 0) is 22.9 Å². The van der Waals surface area contributed by atoms with Gasteiger partial charge in [-0.2, -0.15) is 5.10 Å². The molecule has 0 aliphatic rings. The van der Waals surface area contributed by atoms with E-state index < -0.39 is 0 Å². The molecule has 14 heavy (non-hydrogen) atoms. The first-order valence-corrected chi connectivity index (χ1v) is 5.47. The number of anilines is 1. The predicted octanol–water partition coefficient (Wildman–Crippen LogP) is 1.59. The third-order valence-corrected chi connectivity index (χ3v) is 2.87. The standard InChI is InChI=1S/C6H7BrN6S/c1-3(4-8-2-9-11-4)10-6-13-12-5(7)14-6/h2-3H,1H3,(H,10,13)(H,8,9,11). The van der Waals surface area contributed by atoms with E-state index in [1.54, 1.807) is 0 Å². The average Bonchev–Trinajstić information content (AvgIpc) is 2.75. The lowest BCUT2D eigenvalue weighted by molar-refractivity contribution is 0.791. The number of nitrogens with zero attached hydrogens (tertiary/aromatic N) is 4. The molecular formula is C6H7BrN6S. The van der Waals surface area contributed by atoms with Crippen molar-refractivity contribution >= 4 is 32.4 Å². The van der Waals surface area contributed by atoms with E-state index >= 15 is 0 Å². The van der Waals surface area contributed by atoms with E-state index in [0.717, 1.165) is 14.9 Å². The Labute approximate surface area is 92.3 Å². The molecule has 2 N–H and O–H groups in total. The van der Waals surface area contributed by atoms with Crippen LogP contribution in [0.2, 0.25) is 0 Å². The maximum Gasteiger partial charge on any atom is 0.207 e. The minimum absolute atomic E-state index is 0.0392. The molecule has 2 aromatic heterocycles. The molecule has 0 saturated carbocycles. The Kier molecular flexibility index (Phi) is 2.73. The summed E-state index contributed by atoms with van der Waals surface area (Å²) < 4.78 is 0.754. The zero-order valence-electron chi connectivity index (χ0n) is 7.23. The number of hydrogen-bond acceptors (Lipinski definition) is 6. The van der Waals surface area contributed by atoms with Crippen molar-refractivity contribution in [3.8, 4) is 0 Å². The van der Waals surface area contributed by atoms with Gasteiger partial charge < -0.3 is 5.32 Å². The van der Waals surface area contributed by atoms with Gasteiger partial charge in [0.25, 0.3) is 0 Å². The van der Waals surface area contributed by atoms with Gasteiger partial charge in [0.05, 0.1) is 6.04 Å². The largest absolute Gasteiger partial charge is 0.350 e. The molecule has 1 unspecified atom stereocenters. The second kappa shape index (κ2) is 4.01. The Bertz CT molecular complexity index is 398. The number of H-pyrrole nitrogens is 1. The van der Waals surface area contributed by atoms with Crippen molar-refractivity contribution in [2.45, 2.75) is 13.0 Å².